The third kappa shape index (κ3) is 5.10. The minimum atomic E-state index is -0.0991. The van der Waals surface area contributed by atoms with Crippen molar-refractivity contribution in [2.45, 2.75) is 12.8 Å². The van der Waals surface area contributed by atoms with Crippen molar-refractivity contribution in [3.05, 3.63) is 65.7 Å². The fourth-order valence-corrected chi connectivity index (χ4v) is 1.86. The zero-order chi connectivity index (χ0) is 14.9. The van der Waals surface area contributed by atoms with Crippen LogP contribution in [-0.2, 0) is 11.2 Å². The molecule has 1 N–H and O–H groups in total. The summed E-state index contributed by atoms with van der Waals surface area (Å²) in [5, 5.41) is 3.95. The summed E-state index contributed by atoms with van der Waals surface area (Å²) < 4.78 is 5.12. The van der Waals surface area contributed by atoms with E-state index in [9.17, 15) is 4.79 Å². The van der Waals surface area contributed by atoms with E-state index in [0.29, 0.717) is 12.8 Å². The van der Waals surface area contributed by atoms with E-state index < -0.39 is 0 Å². The number of rotatable bonds is 6. The lowest BCUT2D eigenvalue weighted by Gasteiger charge is -2.01. The fourth-order valence-electron chi connectivity index (χ4n) is 1.86. The smallest absolute Gasteiger partial charge is 0.240 e. The molecule has 0 atom stereocenters. The molecule has 2 aromatic carbocycles. The van der Waals surface area contributed by atoms with Crippen LogP contribution in [0.3, 0.4) is 0 Å². The second kappa shape index (κ2) is 7.85. The Labute approximate surface area is 124 Å². The number of hydrogen-bond acceptors (Lipinski definition) is 3. The fraction of sp³-hybridized carbons (Fsp3) is 0.176. The van der Waals surface area contributed by atoms with Crippen molar-refractivity contribution in [2.24, 2.45) is 5.10 Å². The number of amides is 1. The number of hydrazone groups is 1. The highest BCUT2D eigenvalue weighted by molar-refractivity contribution is 5.82. The van der Waals surface area contributed by atoms with E-state index in [0.717, 1.165) is 16.9 Å². The predicted octanol–water partition coefficient (Wildman–Crippen LogP) is 2.78. The summed E-state index contributed by atoms with van der Waals surface area (Å²) in [6, 6.07) is 17.4. The van der Waals surface area contributed by atoms with Crippen molar-refractivity contribution >= 4 is 12.1 Å². The minimum absolute atomic E-state index is 0.0991. The van der Waals surface area contributed by atoms with Crippen LogP contribution >= 0.6 is 0 Å². The quantitative estimate of drug-likeness (QED) is 0.654. The number of carbonyl (C=O) groups excluding carboxylic acids is 1. The van der Waals surface area contributed by atoms with E-state index >= 15 is 0 Å². The van der Waals surface area contributed by atoms with Crippen LogP contribution < -0.4 is 10.2 Å². The van der Waals surface area contributed by atoms with Crippen molar-refractivity contribution in [1.29, 1.82) is 0 Å². The molecule has 0 aromatic heterocycles. The van der Waals surface area contributed by atoms with E-state index in [1.807, 2.05) is 54.6 Å². The van der Waals surface area contributed by atoms with Gasteiger partial charge in [-0.1, -0.05) is 42.5 Å². The van der Waals surface area contributed by atoms with Gasteiger partial charge in [-0.3, -0.25) is 4.79 Å². The average Bonchev–Trinajstić information content (AvgIpc) is 2.54. The van der Waals surface area contributed by atoms with Crippen molar-refractivity contribution in [3.63, 3.8) is 0 Å². The van der Waals surface area contributed by atoms with Crippen molar-refractivity contribution in [2.75, 3.05) is 7.11 Å². The van der Waals surface area contributed by atoms with Gasteiger partial charge in [0, 0.05) is 6.42 Å². The molecule has 0 aliphatic heterocycles. The Morgan fingerprint density at radius 3 is 2.76 bits per heavy atom. The predicted molar refractivity (Wildman–Crippen MR) is 83.5 cm³/mol. The summed E-state index contributed by atoms with van der Waals surface area (Å²) in [6.07, 6.45) is 2.73. The number of hydrogen-bond donors (Lipinski definition) is 1. The Morgan fingerprint density at radius 2 is 2.00 bits per heavy atom. The van der Waals surface area contributed by atoms with E-state index in [1.165, 1.54) is 0 Å². The molecule has 0 saturated carbocycles. The van der Waals surface area contributed by atoms with Crippen LogP contribution in [0.25, 0.3) is 0 Å². The van der Waals surface area contributed by atoms with Crippen molar-refractivity contribution < 1.29 is 9.53 Å². The summed E-state index contributed by atoms with van der Waals surface area (Å²) in [5.41, 5.74) is 4.54. The Balaban J connectivity index is 1.79. The second-order valence-corrected chi connectivity index (χ2v) is 4.56. The maximum absolute atomic E-state index is 11.7. The van der Waals surface area contributed by atoms with Crippen LogP contribution in [-0.4, -0.2) is 19.2 Å². The molecule has 1 amide bonds. The Bertz CT molecular complexity index is 609. The number of nitrogens with zero attached hydrogens (tertiary/aromatic N) is 1. The Morgan fingerprint density at radius 1 is 1.19 bits per heavy atom. The molecule has 0 heterocycles. The molecule has 21 heavy (non-hydrogen) atoms. The first-order valence-corrected chi connectivity index (χ1v) is 6.78. The van der Waals surface area contributed by atoms with Gasteiger partial charge in [-0.25, -0.2) is 5.43 Å². The van der Waals surface area contributed by atoms with Crippen LogP contribution in [0.4, 0.5) is 0 Å². The molecular formula is C17H18N2O2. The monoisotopic (exact) mass is 282 g/mol. The van der Waals surface area contributed by atoms with E-state index in [2.05, 4.69) is 10.5 Å². The van der Waals surface area contributed by atoms with Crippen LogP contribution in [0, 0.1) is 0 Å². The number of aryl methyl sites for hydroxylation is 1. The molecule has 0 aliphatic rings. The molecular weight excluding hydrogens is 264 g/mol. The lowest BCUT2D eigenvalue weighted by Crippen LogP contribution is -2.17. The van der Waals surface area contributed by atoms with Crippen LogP contribution in [0.1, 0.15) is 17.5 Å². The summed E-state index contributed by atoms with van der Waals surface area (Å²) in [4.78, 5) is 11.7. The maximum atomic E-state index is 11.7. The molecule has 4 nitrogen and oxygen atoms in total. The molecule has 108 valence electrons. The number of methoxy groups -OCH3 is 1. The van der Waals surface area contributed by atoms with Gasteiger partial charge < -0.3 is 4.74 Å². The van der Waals surface area contributed by atoms with E-state index in [1.54, 1.807) is 13.3 Å². The van der Waals surface area contributed by atoms with Crippen LogP contribution in [0.15, 0.2) is 59.7 Å². The summed E-state index contributed by atoms with van der Waals surface area (Å²) in [7, 11) is 1.61. The Kier molecular flexibility index (Phi) is 5.52. The minimum Gasteiger partial charge on any atom is -0.497 e. The maximum Gasteiger partial charge on any atom is 0.240 e. The van der Waals surface area contributed by atoms with Gasteiger partial charge in [-0.15, -0.1) is 0 Å². The molecule has 0 fully saturated rings. The third-order valence-electron chi connectivity index (χ3n) is 2.98. The van der Waals surface area contributed by atoms with Gasteiger partial charge in [0.25, 0.3) is 0 Å². The van der Waals surface area contributed by atoms with Crippen LogP contribution in [0.5, 0.6) is 5.75 Å². The summed E-state index contributed by atoms with van der Waals surface area (Å²) in [5.74, 6) is 0.660. The molecule has 0 bridgehead atoms. The number of ether oxygens (including phenoxy) is 1. The van der Waals surface area contributed by atoms with E-state index in [4.69, 9.17) is 4.74 Å². The molecule has 0 spiro atoms. The Hall–Kier alpha value is -2.62. The molecule has 0 saturated heterocycles. The van der Waals surface area contributed by atoms with Crippen molar-refractivity contribution in [1.82, 2.24) is 5.43 Å². The highest BCUT2D eigenvalue weighted by Gasteiger charge is 2.00. The van der Waals surface area contributed by atoms with Gasteiger partial charge in [-0.2, -0.15) is 5.10 Å². The van der Waals surface area contributed by atoms with Crippen LogP contribution in [0.2, 0.25) is 0 Å². The molecule has 2 rings (SSSR count). The molecule has 0 unspecified atom stereocenters. The summed E-state index contributed by atoms with van der Waals surface area (Å²) in [6.45, 7) is 0. The second-order valence-electron chi connectivity index (χ2n) is 4.56. The number of carbonyl (C=O) groups is 1. The largest absolute Gasteiger partial charge is 0.497 e. The topological polar surface area (TPSA) is 50.7 Å². The first kappa shape index (κ1) is 14.8. The molecule has 4 heteroatoms. The van der Waals surface area contributed by atoms with Gasteiger partial charge in [0.05, 0.1) is 13.3 Å². The van der Waals surface area contributed by atoms with Crippen molar-refractivity contribution in [3.8, 4) is 5.75 Å². The SMILES string of the molecule is COc1cccc(/C=N\NC(=O)CCc2ccccc2)c1. The molecule has 0 radical (unpaired) electrons. The normalized spacial score (nSPS) is 10.5. The third-order valence-corrected chi connectivity index (χ3v) is 2.98. The lowest BCUT2D eigenvalue weighted by molar-refractivity contribution is -0.121. The van der Waals surface area contributed by atoms with Gasteiger partial charge >= 0.3 is 0 Å². The summed E-state index contributed by atoms with van der Waals surface area (Å²) >= 11 is 0. The first-order chi connectivity index (χ1) is 10.3. The van der Waals surface area contributed by atoms with Gasteiger partial charge in [0.15, 0.2) is 0 Å². The zero-order valence-electron chi connectivity index (χ0n) is 12.0. The number of nitrogens with one attached hydrogen (secondary N) is 1. The standard InChI is InChI=1S/C17H18N2O2/c1-21-16-9-5-8-15(12-16)13-18-19-17(20)11-10-14-6-3-2-4-7-14/h2-9,12-13H,10-11H2,1H3,(H,19,20)/b18-13-. The average molecular weight is 282 g/mol. The molecule has 2 aromatic rings. The van der Waals surface area contributed by atoms with Gasteiger partial charge in [0.1, 0.15) is 5.75 Å². The zero-order valence-corrected chi connectivity index (χ0v) is 12.0. The number of benzene rings is 2. The first-order valence-electron chi connectivity index (χ1n) is 6.78. The lowest BCUT2D eigenvalue weighted by atomic mass is 10.1. The highest BCUT2D eigenvalue weighted by atomic mass is 16.5. The highest BCUT2D eigenvalue weighted by Crippen LogP contribution is 2.10. The van der Waals surface area contributed by atoms with Gasteiger partial charge in [-0.05, 0) is 29.7 Å². The van der Waals surface area contributed by atoms with E-state index in [-0.39, 0.29) is 5.91 Å². The van der Waals surface area contributed by atoms with Gasteiger partial charge in [0.2, 0.25) is 5.91 Å². The molecule has 0 aliphatic carbocycles.